The zero-order chi connectivity index (χ0) is 11.5. The van der Waals surface area contributed by atoms with Crippen molar-refractivity contribution in [3.05, 3.63) is 29.3 Å². The first-order chi connectivity index (χ1) is 7.70. The Bertz CT molecular complexity index is 365. The lowest BCUT2D eigenvalue weighted by Crippen LogP contribution is -2.26. The fourth-order valence-corrected chi connectivity index (χ4v) is 2.56. The van der Waals surface area contributed by atoms with Crippen molar-refractivity contribution in [3.63, 3.8) is 0 Å². The van der Waals surface area contributed by atoms with Crippen LogP contribution in [0.4, 0.5) is 0 Å². The SMILES string of the molecule is CSCCC1C[C@H](O)c2cc(C)ccc2O1. The zero-order valence-corrected chi connectivity index (χ0v) is 10.6. The molecule has 2 atom stereocenters. The molecule has 3 heteroatoms. The number of aryl methyl sites for hydroxylation is 1. The van der Waals surface area contributed by atoms with Gasteiger partial charge in [0.1, 0.15) is 11.9 Å². The van der Waals surface area contributed by atoms with Crippen molar-refractivity contribution in [3.8, 4) is 5.75 Å². The number of aliphatic hydroxyl groups is 1. The van der Waals surface area contributed by atoms with Gasteiger partial charge in [-0.3, -0.25) is 0 Å². The Kier molecular flexibility index (Phi) is 3.77. The number of fused-ring (bicyclic) bond motifs is 1. The molecule has 2 nitrogen and oxygen atoms in total. The first-order valence-electron chi connectivity index (χ1n) is 5.65. The molecular weight excluding hydrogens is 220 g/mol. The predicted octanol–water partition coefficient (Wildman–Crippen LogP) is 2.93. The lowest BCUT2D eigenvalue weighted by molar-refractivity contribution is 0.0648. The average Bonchev–Trinajstić information content (AvgIpc) is 2.27. The fraction of sp³-hybridized carbons (Fsp3) is 0.538. The third-order valence-electron chi connectivity index (χ3n) is 2.95. The average molecular weight is 238 g/mol. The number of ether oxygens (including phenoxy) is 1. The molecule has 1 unspecified atom stereocenters. The van der Waals surface area contributed by atoms with Gasteiger partial charge in [0.2, 0.25) is 0 Å². The normalized spacial score (nSPS) is 23.7. The van der Waals surface area contributed by atoms with Gasteiger partial charge in [0.25, 0.3) is 0 Å². The van der Waals surface area contributed by atoms with Gasteiger partial charge in [-0.05, 0) is 37.5 Å². The van der Waals surface area contributed by atoms with Crippen molar-refractivity contribution in [1.29, 1.82) is 0 Å². The summed E-state index contributed by atoms with van der Waals surface area (Å²) in [5.41, 5.74) is 2.12. The molecule has 0 saturated carbocycles. The molecule has 1 heterocycles. The highest BCUT2D eigenvalue weighted by Gasteiger charge is 2.26. The molecule has 0 fully saturated rings. The van der Waals surface area contributed by atoms with Crippen LogP contribution in [0.25, 0.3) is 0 Å². The maximum Gasteiger partial charge on any atom is 0.125 e. The number of aliphatic hydroxyl groups excluding tert-OH is 1. The van der Waals surface area contributed by atoms with E-state index in [2.05, 4.69) is 6.26 Å². The monoisotopic (exact) mass is 238 g/mol. The highest BCUT2D eigenvalue weighted by Crippen LogP contribution is 2.36. The van der Waals surface area contributed by atoms with Crippen LogP contribution in [0.2, 0.25) is 0 Å². The number of hydrogen-bond donors (Lipinski definition) is 1. The van der Waals surface area contributed by atoms with E-state index in [0.717, 1.165) is 29.9 Å². The standard InChI is InChI=1S/C13H18O2S/c1-9-3-4-13-11(7-9)12(14)8-10(15-13)5-6-16-2/h3-4,7,10,12,14H,5-6,8H2,1-2H3/t10?,12-/m0/s1. The van der Waals surface area contributed by atoms with Crippen molar-refractivity contribution in [2.45, 2.75) is 32.0 Å². The molecule has 0 aliphatic carbocycles. The van der Waals surface area contributed by atoms with Gasteiger partial charge in [0.05, 0.1) is 6.10 Å². The molecule has 1 aromatic carbocycles. The lowest BCUT2D eigenvalue weighted by Gasteiger charge is -2.29. The molecule has 1 aromatic rings. The van der Waals surface area contributed by atoms with Crippen LogP contribution in [-0.4, -0.2) is 23.2 Å². The molecule has 88 valence electrons. The maximum absolute atomic E-state index is 10.1. The third kappa shape index (κ3) is 2.53. The van der Waals surface area contributed by atoms with Gasteiger partial charge >= 0.3 is 0 Å². The second-order valence-electron chi connectivity index (χ2n) is 4.31. The minimum absolute atomic E-state index is 0.164. The molecule has 0 amide bonds. The number of thioether (sulfide) groups is 1. The van der Waals surface area contributed by atoms with Gasteiger partial charge in [0.15, 0.2) is 0 Å². The van der Waals surface area contributed by atoms with Gasteiger partial charge in [-0.15, -0.1) is 0 Å². The smallest absolute Gasteiger partial charge is 0.125 e. The molecule has 2 rings (SSSR count). The lowest BCUT2D eigenvalue weighted by atomic mass is 9.96. The summed E-state index contributed by atoms with van der Waals surface area (Å²) in [5.74, 6) is 1.94. The molecule has 1 N–H and O–H groups in total. The van der Waals surface area contributed by atoms with E-state index in [9.17, 15) is 5.11 Å². The van der Waals surface area contributed by atoms with Gasteiger partial charge in [-0.1, -0.05) is 11.6 Å². The summed E-state index contributed by atoms with van der Waals surface area (Å²) in [6.45, 7) is 2.03. The number of hydrogen-bond acceptors (Lipinski definition) is 3. The second kappa shape index (κ2) is 5.11. The van der Waals surface area contributed by atoms with Crippen molar-refractivity contribution in [1.82, 2.24) is 0 Å². The van der Waals surface area contributed by atoms with E-state index >= 15 is 0 Å². The molecule has 0 bridgehead atoms. The van der Waals surface area contributed by atoms with Gasteiger partial charge in [-0.25, -0.2) is 0 Å². The van der Waals surface area contributed by atoms with Crippen LogP contribution in [0.3, 0.4) is 0 Å². The molecule has 16 heavy (non-hydrogen) atoms. The van der Waals surface area contributed by atoms with Gasteiger partial charge < -0.3 is 9.84 Å². The van der Waals surface area contributed by atoms with E-state index in [0.29, 0.717) is 0 Å². The maximum atomic E-state index is 10.1. The molecule has 0 radical (unpaired) electrons. The highest BCUT2D eigenvalue weighted by atomic mass is 32.2. The summed E-state index contributed by atoms with van der Waals surface area (Å²) in [4.78, 5) is 0. The van der Waals surface area contributed by atoms with Crippen LogP contribution < -0.4 is 4.74 Å². The van der Waals surface area contributed by atoms with Crippen molar-refractivity contribution < 1.29 is 9.84 Å². The Morgan fingerprint density at radius 3 is 3.06 bits per heavy atom. The topological polar surface area (TPSA) is 29.5 Å². The largest absolute Gasteiger partial charge is 0.490 e. The molecule has 1 aliphatic heterocycles. The fourth-order valence-electron chi connectivity index (χ4n) is 2.07. The van der Waals surface area contributed by atoms with Gasteiger partial charge in [0, 0.05) is 12.0 Å². The van der Waals surface area contributed by atoms with Crippen LogP contribution >= 0.6 is 11.8 Å². The summed E-state index contributed by atoms with van der Waals surface area (Å²) < 4.78 is 5.89. The summed E-state index contributed by atoms with van der Waals surface area (Å²) in [6, 6.07) is 6.02. The summed E-state index contributed by atoms with van der Waals surface area (Å²) in [5, 5.41) is 10.1. The number of benzene rings is 1. The van der Waals surface area contributed by atoms with E-state index in [-0.39, 0.29) is 12.2 Å². The second-order valence-corrected chi connectivity index (χ2v) is 5.30. The molecule has 0 spiro atoms. The zero-order valence-electron chi connectivity index (χ0n) is 9.77. The first-order valence-corrected chi connectivity index (χ1v) is 7.04. The van der Waals surface area contributed by atoms with Gasteiger partial charge in [-0.2, -0.15) is 11.8 Å². The van der Waals surface area contributed by atoms with E-state index in [4.69, 9.17) is 4.74 Å². The van der Waals surface area contributed by atoms with Crippen molar-refractivity contribution in [2.75, 3.05) is 12.0 Å². The van der Waals surface area contributed by atoms with Crippen LogP contribution in [0.5, 0.6) is 5.75 Å². The molecular formula is C13H18O2S. The Morgan fingerprint density at radius 2 is 2.31 bits per heavy atom. The Hall–Kier alpha value is -0.670. The molecule has 1 aliphatic rings. The van der Waals surface area contributed by atoms with Crippen LogP contribution in [0, 0.1) is 6.92 Å². The van der Waals surface area contributed by atoms with E-state index in [1.54, 1.807) is 0 Å². The number of rotatable bonds is 3. The van der Waals surface area contributed by atoms with Crippen molar-refractivity contribution >= 4 is 11.8 Å². The van der Waals surface area contributed by atoms with Crippen LogP contribution in [-0.2, 0) is 0 Å². The summed E-state index contributed by atoms with van der Waals surface area (Å²) >= 11 is 1.82. The molecule has 0 aromatic heterocycles. The minimum Gasteiger partial charge on any atom is -0.490 e. The van der Waals surface area contributed by atoms with E-state index in [1.165, 1.54) is 5.56 Å². The van der Waals surface area contributed by atoms with E-state index in [1.807, 2.05) is 36.9 Å². The minimum atomic E-state index is -0.365. The molecule has 0 saturated heterocycles. The van der Waals surface area contributed by atoms with E-state index < -0.39 is 0 Å². The third-order valence-corrected chi connectivity index (χ3v) is 3.59. The van der Waals surface area contributed by atoms with Crippen LogP contribution in [0.15, 0.2) is 18.2 Å². The van der Waals surface area contributed by atoms with Crippen molar-refractivity contribution in [2.24, 2.45) is 0 Å². The predicted molar refractivity (Wildman–Crippen MR) is 68.2 cm³/mol. The Morgan fingerprint density at radius 1 is 1.50 bits per heavy atom. The summed E-state index contributed by atoms with van der Waals surface area (Å²) in [6.07, 6.45) is 3.62. The summed E-state index contributed by atoms with van der Waals surface area (Å²) in [7, 11) is 0. The Balaban J connectivity index is 2.13. The van der Waals surface area contributed by atoms with Crippen LogP contribution in [0.1, 0.15) is 30.1 Å². The quantitative estimate of drug-likeness (QED) is 0.878. The highest BCUT2D eigenvalue weighted by molar-refractivity contribution is 7.98. The Labute approximate surface area is 101 Å². The first kappa shape index (κ1) is 11.8.